The lowest BCUT2D eigenvalue weighted by molar-refractivity contribution is 0.601. The number of fused-ring (bicyclic) bond motifs is 1. The van der Waals surface area contributed by atoms with Gasteiger partial charge in [0.1, 0.15) is 4.90 Å². The maximum absolute atomic E-state index is 12.4. The van der Waals surface area contributed by atoms with Gasteiger partial charge in [0.05, 0.1) is 16.2 Å². The van der Waals surface area contributed by atoms with Crippen molar-refractivity contribution in [3.05, 3.63) is 59.8 Å². The number of hydrogen-bond acceptors (Lipinski definition) is 2. The molecule has 0 saturated heterocycles. The summed E-state index contributed by atoms with van der Waals surface area (Å²) in [6, 6.07) is 13.6. The third-order valence-electron chi connectivity index (χ3n) is 2.96. The summed E-state index contributed by atoms with van der Waals surface area (Å²) in [6.07, 6.45) is 1.76. The van der Waals surface area contributed by atoms with Gasteiger partial charge >= 0.3 is 0 Å². The molecular formula is C14H11ClN2O2S. The second kappa shape index (κ2) is 4.85. The molecule has 0 aliphatic rings. The smallest absolute Gasteiger partial charge is 0.263 e. The van der Waals surface area contributed by atoms with Crippen LogP contribution in [0.5, 0.6) is 0 Å². The molecule has 0 bridgehead atoms. The van der Waals surface area contributed by atoms with Crippen LogP contribution < -0.4 is 4.72 Å². The van der Waals surface area contributed by atoms with Crippen LogP contribution in [0.2, 0.25) is 5.02 Å². The third kappa shape index (κ3) is 2.26. The first-order chi connectivity index (χ1) is 9.58. The zero-order valence-electron chi connectivity index (χ0n) is 10.3. The maximum Gasteiger partial charge on any atom is 0.263 e. The molecule has 0 atom stereocenters. The van der Waals surface area contributed by atoms with E-state index in [0.717, 1.165) is 10.9 Å². The molecule has 3 aromatic rings. The van der Waals surface area contributed by atoms with Gasteiger partial charge in [-0.1, -0.05) is 35.9 Å². The van der Waals surface area contributed by atoms with Gasteiger partial charge in [0.25, 0.3) is 10.0 Å². The summed E-state index contributed by atoms with van der Waals surface area (Å²) < 4.78 is 27.3. The van der Waals surface area contributed by atoms with E-state index in [1.54, 1.807) is 36.5 Å². The van der Waals surface area contributed by atoms with E-state index in [1.807, 2.05) is 12.1 Å². The number of nitrogens with one attached hydrogen (secondary N) is 2. The number of halogens is 1. The lowest BCUT2D eigenvalue weighted by Crippen LogP contribution is -2.13. The van der Waals surface area contributed by atoms with Gasteiger partial charge in [-0.2, -0.15) is 0 Å². The summed E-state index contributed by atoms with van der Waals surface area (Å²) in [5.74, 6) is 0. The Morgan fingerprint density at radius 2 is 1.80 bits per heavy atom. The number of rotatable bonds is 3. The first-order valence-corrected chi connectivity index (χ1v) is 7.77. The van der Waals surface area contributed by atoms with Crippen molar-refractivity contribution in [1.29, 1.82) is 0 Å². The van der Waals surface area contributed by atoms with E-state index in [0.29, 0.717) is 5.69 Å². The third-order valence-corrected chi connectivity index (χ3v) is 4.82. The minimum atomic E-state index is -3.72. The van der Waals surface area contributed by atoms with Gasteiger partial charge in [-0.25, -0.2) is 8.42 Å². The Hall–Kier alpha value is -1.98. The fourth-order valence-electron chi connectivity index (χ4n) is 2.03. The van der Waals surface area contributed by atoms with Gasteiger partial charge in [0.15, 0.2) is 0 Å². The maximum atomic E-state index is 12.4. The summed E-state index contributed by atoms with van der Waals surface area (Å²) in [5.41, 5.74) is 1.23. The van der Waals surface area contributed by atoms with Crippen LogP contribution in [0.15, 0.2) is 59.6 Å². The molecule has 102 valence electrons. The molecule has 20 heavy (non-hydrogen) atoms. The number of para-hydroxylation sites is 1. The Labute approximate surface area is 121 Å². The van der Waals surface area contributed by atoms with Gasteiger partial charge in [-0.15, -0.1) is 0 Å². The molecule has 0 saturated carbocycles. The van der Waals surface area contributed by atoms with Crippen molar-refractivity contribution >= 4 is 38.2 Å². The van der Waals surface area contributed by atoms with Gasteiger partial charge in [0.2, 0.25) is 0 Å². The Morgan fingerprint density at radius 3 is 2.60 bits per heavy atom. The quantitative estimate of drug-likeness (QED) is 0.776. The summed E-state index contributed by atoms with van der Waals surface area (Å²) in [4.78, 5) is 3.08. The molecule has 0 aliphatic carbocycles. The van der Waals surface area contributed by atoms with Crippen LogP contribution in [0.3, 0.4) is 0 Å². The molecule has 6 heteroatoms. The number of H-pyrrole nitrogens is 1. The molecule has 0 fully saturated rings. The summed E-state index contributed by atoms with van der Waals surface area (Å²) >= 11 is 5.95. The van der Waals surface area contributed by atoms with Crippen molar-refractivity contribution in [3.63, 3.8) is 0 Å². The molecule has 1 aromatic heterocycles. The summed E-state index contributed by atoms with van der Waals surface area (Å²) in [7, 11) is -3.72. The average molecular weight is 307 g/mol. The molecule has 4 nitrogen and oxygen atoms in total. The van der Waals surface area contributed by atoms with Crippen LogP contribution >= 0.6 is 11.6 Å². The second-order valence-electron chi connectivity index (χ2n) is 4.28. The van der Waals surface area contributed by atoms with Crippen LogP contribution in [0.25, 0.3) is 10.9 Å². The van der Waals surface area contributed by atoms with Crippen molar-refractivity contribution in [2.24, 2.45) is 0 Å². The van der Waals surface area contributed by atoms with E-state index >= 15 is 0 Å². The highest BCUT2D eigenvalue weighted by molar-refractivity contribution is 7.92. The van der Waals surface area contributed by atoms with Crippen molar-refractivity contribution in [1.82, 2.24) is 4.98 Å². The highest BCUT2D eigenvalue weighted by atomic mass is 35.5. The number of sulfonamides is 1. The van der Waals surface area contributed by atoms with E-state index in [-0.39, 0.29) is 9.92 Å². The molecule has 0 radical (unpaired) electrons. The van der Waals surface area contributed by atoms with E-state index < -0.39 is 10.0 Å². The van der Waals surface area contributed by atoms with Crippen LogP contribution in [0.1, 0.15) is 0 Å². The van der Waals surface area contributed by atoms with E-state index in [2.05, 4.69) is 9.71 Å². The zero-order chi connectivity index (χ0) is 14.2. The lowest BCUT2D eigenvalue weighted by Gasteiger charge is -2.10. The highest BCUT2D eigenvalue weighted by Crippen LogP contribution is 2.27. The largest absolute Gasteiger partial charge is 0.359 e. The number of hydrogen-bond donors (Lipinski definition) is 2. The average Bonchev–Trinajstić information content (AvgIpc) is 2.88. The lowest BCUT2D eigenvalue weighted by atomic mass is 10.2. The number of anilines is 1. The zero-order valence-corrected chi connectivity index (χ0v) is 11.9. The van der Waals surface area contributed by atoms with Gasteiger partial charge in [-0.3, -0.25) is 4.72 Å². The predicted molar refractivity (Wildman–Crippen MR) is 80.6 cm³/mol. The van der Waals surface area contributed by atoms with Crippen molar-refractivity contribution in [2.75, 3.05) is 4.72 Å². The van der Waals surface area contributed by atoms with Gasteiger partial charge in [0, 0.05) is 11.6 Å². The molecule has 1 heterocycles. The Morgan fingerprint density at radius 1 is 1.00 bits per heavy atom. The first-order valence-electron chi connectivity index (χ1n) is 5.91. The Balaban J connectivity index is 2.06. The van der Waals surface area contributed by atoms with Crippen LogP contribution in [0, 0.1) is 0 Å². The molecule has 2 aromatic carbocycles. The molecule has 2 N–H and O–H groups in total. The molecule has 0 amide bonds. The van der Waals surface area contributed by atoms with Crippen LogP contribution in [0.4, 0.5) is 5.69 Å². The number of aromatic amines is 1. The predicted octanol–water partition coefficient (Wildman–Crippen LogP) is 3.62. The molecule has 0 unspecified atom stereocenters. The molecule has 3 rings (SSSR count). The number of benzene rings is 2. The minimum Gasteiger partial charge on any atom is -0.359 e. The highest BCUT2D eigenvalue weighted by Gasteiger charge is 2.18. The number of aromatic nitrogens is 1. The van der Waals surface area contributed by atoms with Crippen molar-refractivity contribution in [2.45, 2.75) is 4.90 Å². The SMILES string of the molecule is O=S(=O)(Nc1cccc2cc[nH]c12)c1ccccc1Cl. The molecular weight excluding hydrogens is 296 g/mol. The van der Waals surface area contributed by atoms with E-state index in [4.69, 9.17) is 11.6 Å². The van der Waals surface area contributed by atoms with Crippen LogP contribution in [-0.4, -0.2) is 13.4 Å². The molecule has 0 aliphatic heterocycles. The van der Waals surface area contributed by atoms with Crippen molar-refractivity contribution < 1.29 is 8.42 Å². The normalized spacial score (nSPS) is 11.7. The van der Waals surface area contributed by atoms with Gasteiger partial charge < -0.3 is 4.98 Å². The van der Waals surface area contributed by atoms with Gasteiger partial charge in [-0.05, 0) is 24.3 Å². The summed E-state index contributed by atoms with van der Waals surface area (Å²) in [6.45, 7) is 0. The van der Waals surface area contributed by atoms with E-state index in [9.17, 15) is 8.42 Å². The molecule has 0 spiro atoms. The first kappa shape index (κ1) is 13.0. The fourth-order valence-corrected chi connectivity index (χ4v) is 3.62. The Kier molecular flexibility index (Phi) is 3.16. The Bertz CT molecular complexity index is 872. The minimum absolute atomic E-state index is 0.0604. The van der Waals surface area contributed by atoms with E-state index in [1.165, 1.54) is 6.07 Å². The van der Waals surface area contributed by atoms with Crippen molar-refractivity contribution in [3.8, 4) is 0 Å². The topological polar surface area (TPSA) is 62.0 Å². The second-order valence-corrected chi connectivity index (χ2v) is 6.34. The monoisotopic (exact) mass is 306 g/mol. The fraction of sp³-hybridized carbons (Fsp3) is 0. The van der Waals surface area contributed by atoms with Crippen LogP contribution in [-0.2, 0) is 10.0 Å². The summed E-state index contributed by atoms with van der Waals surface area (Å²) in [5, 5.41) is 1.13. The standard InChI is InChI=1S/C14H11ClN2O2S/c15-11-5-1-2-7-13(11)20(18,19)17-12-6-3-4-10-8-9-16-14(10)12/h1-9,16-17H.